The lowest BCUT2D eigenvalue weighted by atomic mass is 10.2. The van der Waals surface area contributed by atoms with Crippen molar-refractivity contribution in [3.05, 3.63) is 38.7 Å². The summed E-state index contributed by atoms with van der Waals surface area (Å²) in [5.74, 6) is 0.0181. The number of benzene rings is 1. The average molecular weight is 415 g/mol. The van der Waals surface area contributed by atoms with E-state index in [9.17, 15) is 9.59 Å². The Kier molecular flexibility index (Phi) is 7.07. The van der Waals surface area contributed by atoms with Gasteiger partial charge in [0.15, 0.2) is 5.16 Å². The number of nitrogens with one attached hydrogen (secondary N) is 2. The predicted molar refractivity (Wildman–Crippen MR) is 97.6 cm³/mol. The monoisotopic (exact) mass is 414 g/mol. The summed E-state index contributed by atoms with van der Waals surface area (Å²) in [6, 6.07) is 5.61. The van der Waals surface area contributed by atoms with Gasteiger partial charge in [0, 0.05) is 30.4 Å². The van der Waals surface area contributed by atoms with E-state index in [-0.39, 0.29) is 17.3 Å². The van der Waals surface area contributed by atoms with Crippen molar-refractivity contribution in [2.24, 2.45) is 0 Å². The molecular formula is C15H19BrN4O3S. The maximum Gasteiger partial charge on any atom is 0.343 e. The van der Waals surface area contributed by atoms with Crippen molar-refractivity contribution >= 4 is 39.3 Å². The van der Waals surface area contributed by atoms with E-state index in [4.69, 9.17) is 4.74 Å². The van der Waals surface area contributed by atoms with Crippen LogP contribution in [0.2, 0.25) is 0 Å². The van der Waals surface area contributed by atoms with E-state index in [1.165, 1.54) is 16.3 Å². The van der Waals surface area contributed by atoms with Gasteiger partial charge in [0.05, 0.1) is 5.75 Å². The summed E-state index contributed by atoms with van der Waals surface area (Å²) in [4.78, 5) is 23.8. The molecule has 2 rings (SSSR count). The second kappa shape index (κ2) is 9.05. The molecule has 0 bridgehead atoms. The molecule has 1 heterocycles. The van der Waals surface area contributed by atoms with Crippen LogP contribution in [0.3, 0.4) is 0 Å². The molecule has 2 aromatic rings. The third-order valence-corrected chi connectivity index (χ3v) is 5.09. The van der Waals surface area contributed by atoms with Crippen LogP contribution >= 0.6 is 27.7 Å². The van der Waals surface area contributed by atoms with Gasteiger partial charge < -0.3 is 10.1 Å². The van der Waals surface area contributed by atoms with Gasteiger partial charge in [-0.1, -0.05) is 27.7 Å². The highest BCUT2D eigenvalue weighted by molar-refractivity contribution is 9.10. The number of nitrogens with zero attached hydrogens (tertiary/aromatic N) is 2. The SMILES string of the molecule is COCCCn1c(SCC(=O)Nc2ccc(Br)c(C)c2)n[nH]c1=O. The first-order chi connectivity index (χ1) is 11.5. The smallest absolute Gasteiger partial charge is 0.343 e. The molecule has 7 nitrogen and oxygen atoms in total. The maximum atomic E-state index is 12.1. The molecular weight excluding hydrogens is 396 g/mol. The van der Waals surface area contributed by atoms with Crippen molar-refractivity contribution in [2.45, 2.75) is 25.0 Å². The van der Waals surface area contributed by atoms with Crippen LogP contribution in [0.15, 0.2) is 32.6 Å². The number of anilines is 1. The Morgan fingerprint density at radius 3 is 3.00 bits per heavy atom. The van der Waals surface area contributed by atoms with Crippen molar-refractivity contribution in [1.29, 1.82) is 0 Å². The van der Waals surface area contributed by atoms with Gasteiger partial charge in [0.25, 0.3) is 0 Å². The molecule has 0 spiro atoms. The van der Waals surface area contributed by atoms with Crippen LogP contribution in [-0.4, -0.2) is 40.1 Å². The molecule has 24 heavy (non-hydrogen) atoms. The van der Waals surface area contributed by atoms with Gasteiger partial charge in [-0.2, -0.15) is 0 Å². The van der Waals surface area contributed by atoms with E-state index in [2.05, 4.69) is 31.4 Å². The maximum absolute atomic E-state index is 12.1. The number of halogens is 1. The van der Waals surface area contributed by atoms with Gasteiger partial charge in [-0.15, -0.1) is 5.10 Å². The molecule has 0 radical (unpaired) electrons. The van der Waals surface area contributed by atoms with Crippen LogP contribution in [-0.2, 0) is 16.1 Å². The number of carbonyl (C=O) groups excluding carboxylic acids is 1. The number of aromatic amines is 1. The first kappa shape index (κ1) is 18.8. The Morgan fingerprint density at radius 1 is 1.50 bits per heavy atom. The standard InChI is InChI=1S/C15H19BrN4O3S/c1-10-8-11(4-5-12(10)16)17-13(21)9-24-15-19-18-14(22)20(15)6-3-7-23-2/h4-5,8H,3,6-7,9H2,1-2H3,(H,17,21)(H,18,22). The molecule has 0 fully saturated rings. The predicted octanol–water partition coefficient (Wildman–Crippen LogP) is 2.41. The highest BCUT2D eigenvalue weighted by Crippen LogP contribution is 2.20. The van der Waals surface area contributed by atoms with Crippen molar-refractivity contribution in [1.82, 2.24) is 14.8 Å². The molecule has 2 N–H and O–H groups in total. The molecule has 0 aliphatic carbocycles. The van der Waals surface area contributed by atoms with Gasteiger partial charge in [0.1, 0.15) is 0 Å². The topological polar surface area (TPSA) is 89.0 Å². The Labute approximate surface area is 152 Å². The number of amides is 1. The fraction of sp³-hybridized carbons (Fsp3) is 0.400. The Balaban J connectivity index is 1.91. The highest BCUT2D eigenvalue weighted by Gasteiger charge is 2.11. The van der Waals surface area contributed by atoms with Gasteiger partial charge in [-0.25, -0.2) is 9.89 Å². The molecule has 1 aromatic heterocycles. The van der Waals surface area contributed by atoms with Crippen molar-refractivity contribution in [2.75, 3.05) is 24.8 Å². The molecule has 0 aliphatic heterocycles. The molecule has 9 heteroatoms. The Morgan fingerprint density at radius 2 is 2.29 bits per heavy atom. The third-order valence-electron chi connectivity index (χ3n) is 3.23. The number of carbonyl (C=O) groups is 1. The summed E-state index contributed by atoms with van der Waals surface area (Å²) < 4.78 is 7.49. The zero-order chi connectivity index (χ0) is 17.5. The summed E-state index contributed by atoms with van der Waals surface area (Å²) in [5.41, 5.74) is 1.50. The number of thioether (sulfide) groups is 1. The minimum atomic E-state index is -0.280. The molecule has 1 aromatic carbocycles. The summed E-state index contributed by atoms with van der Waals surface area (Å²) in [6.45, 7) is 3.01. The van der Waals surface area contributed by atoms with Gasteiger partial charge in [-0.05, 0) is 37.1 Å². The molecule has 0 unspecified atom stereocenters. The van der Waals surface area contributed by atoms with Crippen molar-refractivity contribution in [3.8, 4) is 0 Å². The summed E-state index contributed by atoms with van der Waals surface area (Å²) in [7, 11) is 1.61. The minimum absolute atomic E-state index is 0.152. The number of aromatic nitrogens is 3. The van der Waals surface area contributed by atoms with Gasteiger partial charge in [-0.3, -0.25) is 9.36 Å². The molecule has 0 saturated heterocycles. The van der Waals surface area contributed by atoms with E-state index < -0.39 is 0 Å². The van der Waals surface area contributed by atoms with Crippen LogP contribution in [0.25, 0.3) is 0 Å². The number of hydrogen-bond donors (Lipinski definition) is 2. The zero-order valence-electron chi connectivity index (χ0n) is 13.5. The summed E-state index contributed by atoms with van der Waals surface area (Å²) in [6.07, 6.45) is 0.702. The average Bonchev–Trinajstić information content (AvgIpc) is 2.90. The third kappa shape index (κ3) is 5.22. The fourth-order valence-electron chi connectivity index (χ4n) is 2.03. The number of aryl methyl sites for hydroxylation is 1. The summed E-state index contributed by atoms with van der Waals surface area (Å²) in [5, 5.41) is 9.70. The van der Waals surface area contributed by atoms with E-state index in [1.54, 1.807) is 7.11 Å². The van der Waals surface area contributed by atoms with Crippen LogP contribution in [0.1, 0.15) is 12.0 Å². The second-order valence-electron chi connectivity index (χ2n) is 5.11. The number of hydrogen-bond acceptors (Lipinski definition) is 5. The number of H-pyrrole nitrogens is 1. The van der Waals surface area contributed by atoms with Gasteiger partial charge in [0.2, 0.25) is 5.91 Å². The second-order valence-corrected chi connectivity index (χ2v) is 6.91. The Hall–Kier alpha value is -1.58. The van der Waals surface area contributed by atoms with Crippen molar-refractivity contribution in [3.63, 3.8) is 0 Å². The Bertz CT molecular complexity index is 759. The van der Waals surface area contributed by atoms with E-state index in [0.29, 0.717) is 24.7 Å². The fourth-order valence-corrected chi connectivity index (χ4v) is 3.05. The molecule has 0 atom stereocenters. The van der Waals surface area contributed by atoms with Crippen molar-refractivity contribution < 1.29 is 9.53 Å². The van der Waals surface area contributed by atoms with E-state index >= 15 is 0 Å². The number of ether oxygens (including phenoxy) is 1. The largest absolute Gasteiger partial charge is 0.385 e. The zero-order valence-corrected chi connectivity index (χ0v) is 15.9. The van der Waals surface area contributed by atoms with E-state index in [1.807, 2.05) is 25.1 Å². The van der Waals surface area contributed by atoms with E-state index in [0.717, 1.165) is 15.7 Å². The van der Waals surface area contributed by atoms with Crippen LogP contribution in [0.5, 0.6) is 0 Å². The number of rotatable bonds is 8. The van der Waals surface area contributed by atoms with Crippen LogP contribution in [0, 0.1) is 6.92 Å². The quantitative estimate of drug-likeness (QED) is 0.511. The first-order valence-corrected chi connectivity index (χ1v) is 9.12. The van der Waals surface area contributed by atoms with Gasteiger partial charge >= 0.3 is 5.69 Å². The lowest BCUT2D eigenvalue weighted by Crippen LogP contribution is -2.19. The molecule has 0 saturated carbocycles. The highest BCUT2D eigenvalue weighted by atomic mass is 79.9. The lowest BCUT2D eigenvalue weighted by molar-refractivity contribution is -0.113. The lowest BCUT2D eigenvalue weighted by Gasteiger charge is -2.07. The molecule has 1 amide bonds. The normalized spacial score (nSPS) is 10.8. The number of methoxy groups -OCH3 is 1. The summed E-state index contributed by atoms with van der Waals surface area (Å²) >= 11 is 4.64. The minimum Gasteiger partial charge on any atom is -0.385 e. The first-order valence-electron chi connectivity index (χ1n) is 7.34. The van der Waals surface area contributed by atoms with Crippen LogP contribution < -0.4 is 11.0 Å². The van der Waals surface area contributed by atoms with Crippen LogP contribution in [0.4, 0.5) is 5.69 Å². The molecule has 130 valence electrons. The molecule has 0 aliphatic rings.